The highest BCUT2D eigenvalue weighted by atomic mass is 79.9. The zero-order valence-corrected chi connectivity index (χ0v) is 13.4. The first kappa shape index (κ1) is 14.1. The Kier molecular flexibility index (Phi) is 4.12. The molecule has 1 fully saturated rings. The first-order valence-electron chi connectivity index (χ1n) is 7.05. The maximum Gasteiger partial charge on any atom is 0.0458 e. The molecule has 5 heteroatoms. The first-order chi connectivity index (χ1) is 9.67. The van der Waals surface area contributed by atoms with E-state index in [2.05, 4.69) is 62.2 Å². The van der Waals surface area contributed by atoms with E-state index in [0.29, 0.717) is 6.04 Å². The van der Waals surface area contributed by atoms with Crippen LogP contribution in [0.1, 0.15) is 5.56 Å². The maximum atomic E-state index is 5.94. The molecule has 1 aromatic heterocycles. The topological polar surface area (TPSA) is 48.3 Å². The fourth-order valence-corrected chi connectivity index (χ4v) is 3.34. The summed E-state index contributed by atoms with van der Waals surface area (Å²) >= 11 is 3.56. The zero-order valence-electron chi connectivity index (χ0n) is 11.8. The smallest absolute Gasteiger partial charge is 0.0458 e. The highest BCUT2D eigenvalue weighted by molar-refractivity contribution is 9.10. The predicted octanol–water partition coefficient (Wildman–Crippen LogP) is 2.01. The molecule has 1 aliphatic heterocycles. The van der Waals surface area contributed by atoms with Gasteiger partial charge >= 0.3 is 0 Å². The number of nitrogens with one attached hydrogen (secondary N) is 1. The van der Waals surface area contributed by atoms with Crippen molar-refractivity contribution in [1.29, 1.82) is 0 Å². The van der Waals surface area contributed by atoms with Crippen LogP contribution in [-0.2, 0) is 6.54 Å². The summed E-state index contributed by atoms with van der Waals surface area (Å²) in [6.07, 6.45) is 2.13. The van der Waals surface area contributed by atoms with Gasteiger partial charge in [-0.05, 0) is 30.8 Å². The molecule has 0 radical (unpaired) electrons. The van der Waals surface area contributed by atoms with Crippen LogP contribution in [0.2, 0.25) is 0 Å². The van der Waals surface area contributed by atoms with E-state index >= 15 is 0 Å². The van der Waals surface area contributed by atoms with Crippen LogP contribution < -0.4 is 5.73 Å². The maximum absolute atomic E-state index is 5.94. The lowest BCUT2D eigenvalue weighted by Crippen LogP contribution is -2.54. The number of H-pyrrole nitrogens is 1. The number of aromatic nitrogens is 1. The molecule has 0 aliphatic carbocycles. The Morgan fingerprint density at radius 2 is 2.25 bits per heavy atom. The van der Waals surface area contributed by atoms with E-state index in [9.17, 15) is 0 Å². The summed E-state index contributed by atoms with van der Waals surface area (Å²) in [5, 5.41) is 1.30. The monoisotopic (exact) mass is 336 g/mol. The molecule has 2 aromatic rings. The van der Waals surface area contributed by atoms with E-state index in [1.165, 1.54) is 16.5 Å². The number of nitrogens with zero attached hydrogens (tertiary/aromatic N) is 2. The number of hydrogen-bond donors (Lipinski definition) is 2. The van der Waals surface area contributed by atoms with Gasteiger partial charge in [0, 0.05) is 60.3 Å². The van der Waals surface area contributed by atoms with Crippen LogP contribution in [-0.4, -0.2) is 54.1 Å². The molecule has 1 atom stereocenters. The lowest BCUT2D eigenvalue weighted by atomic mass is 10.1. The minimum Gasteiger partial charge on any atom is -0.361 e. The molecular formula is C15H21BrN4. The van der Waals surface area contributed by atoms with Gasteiger partial charge < -0.3 is 15.6 Å². The molecule has 1 aliphatic rings. The van der Waals surface area contributed by atoms with Gasteiger partial charge in [-0.2, -0.15) is 0 Å². The Morgan fingerprint density at radius 3 is 3.05 bits per heavy atom. The van der Waals surface area contributed by atoms with Crippen molar-refractivity contribution in [1.82, 2.24) is 14.8 Å². The van der Waals surface area contributed by atoms with Crippen LogP contribution in [0.25, 0.3) is 10.9 Å². The Balaban J connectivity index is 1.83. The minimum atomic E-state index is 0.450. The molecule has 1 aromatic carbocycles. The van der Waals surface area contributed by atoms with Crippen molar-refractivity contribution in [2.75, 3.05) is 33.2 Å². The highest BCUT2D eigenvalue weighted by Gasteiger charge is 2.24. The first-order valence-corrected chi connectivity index (χ1v) is 7.85. The third-order valence-electron chi connectivity index (χ3n) is 4.18. The standard InChI is InChI=1S/C15H21BrN4/c1-19-4-5-20(13(7-17)10-19)9-11-8-18-15-3-2-12(16)6-14(11)15/h2-3,6,8,13,18H,4-5,7,9-10,17H2,1H3. The van der Waals surface area contributed by atoms with Crippen molar-refractivity contribution in [3.63, 3.8) is 0 Å². The van der Waals surface area contributed by atoms with Crippen molar-refractivity contribution in [2.24, 2.45) is 5.73 Å². The molecule has 4 nitrogen and oxygen atoms in total. The molecule has 108 valence electrons. The summed E-state index contributed by atoms with van der Waals surface area (Å²) in [4.78, 5) is 8.22. The van der Waals surface area contributed by atoms with E-state index in [1.54, 1.807) is 0 Å². The van der Waals surface area contributed by atoms with Crippen LogP contribution in [0.5, 0.6) is 0 Å². The second-order valence-corrected chi connectivity index (χ2v) is 6.54. The molecule has 0 saturated carbocycles. The van der Waals surface area contributed by atoms with Crippen molar-refractivity contribution < 1.29 is 0 Å². The molecule has 0 amide bonds. The molecule has 20 heavy (non-hydrogen) atoms. The molecule has 3 N–H and O–H groups in total. The summed E-state index contributed by atoms with van der Waals surface area (Å²) in [5.41, 5.74) is 8.49. The van der Waals surface area contributed by atoms with Crippen LogP contribution in [0.3, 0.4) is 0 Å². The molecule has 1 saturated heterocycles. The Hall–Kier alpha value is -0.880. The normalized spacial score (nSPS) is 21.6. The Labute approximate surface area is 128 Å². The van der Waals surface area contributed by atoms with Crippen molar-refractivity contribution in [3.05, 3.63) is 34.4 Å². The zero-order chi connectivity index (χ0) is 14.1. The number of likely N-dealkylation sites (N-methyl/N-ethyl adjacent to an activating group) is 1. The number of hydrogen-bond acceptors (Lipinski definition) is 3. The SMILES string of the molecule is CN1CCN(Cc2c[nH]c3ccc(Br)cc23)C(CN)C1. The molecule has 0 spiro atoms. The average Bonchev–Trinajstić information content (AvgIpc) is 2.83. The van der Waals surface area contributed by atoms with Crippen molar-refractivity contribution in [3.8, 4) is 0 Å². The van der Waals surface area contributed by atoms with E-state index in [1.807, 2.05) is 0 Å². The van der Waals surface area contributed by atoms with Gasteiger partial charge in [-0.15, -0.1) is 0 Å². The average molecular weight is 337 g/mol. The molecular weight excluding hydrogens is 316 g/mol. The van der Waals surface area contributed by atoms with Crippen LogP contribution in [0.15, 0.2) is 28.9 Å². The predicted molar refractivity (Wildman–Crippen MR) is 86.7 cm³/mol. The number of piperazine rings is 1. The minimum absolute atomic E-state index is 0.450. The summed E-state index contributed by atoms with van der Waals surface area (Å²) in [6, 6.07) is 6.83. The van der Waals surface area contributed by atoms with Crippen LogP contribution >= 0.6 is 15.9 Å². The lowest BCUT2D eigenvalue weighted by Gasteiger charge is -2.39. The van der Waals surface area contributed by atoms with Crippen molar-refractivity contribution >= 4 is 26.8 Å². The summed E-state index contributed by atoms with van der Waals surface area (Å²) in [7, 11) is 2.17. The van der Waals surface area contributed by atoms with Gasteiger partial charge in [0.25, 0.3) is 0 Å². The van der Waals surface area contributed by atoms with Gasteiger partial charge in [0.15, 0.2) is 0 Å². The van der Waals surface area contributed by atoms with Crippen molar-refractivity contribution in [2.45, 2.75) is 12.6 Å². The van der Waals surface area contributed by atoms with Crippen LogP contribution in [0.4, 0.5) is 0 Å². The van der Waals surface area contributed by atoms with E-state index in [0.717, 1.165) is 37.2 Å². The lowest BCUT2D eigenvalue weighted by molar-refractivity contribution is 0.0884. The molecule has 1 unspecified atom stereocenters. The fraction of sp³-hybridized carbons (Fsp3) is 0.467. The van der Waals surface area contributed by atoms with Gasteiger partial charge in [-0.1, -0.05) is 15.9 Å². The Bertz CT molecular complexity index is 595. The number of nitrogens with two attached hydrogens (primary N) is 1. The van der Waals surface area contributed by atoms with E-state index in [-0.39, 0.29) is 0 Å². The third kappa shape index (κ3) is 2.76. The van der Waals surface area contributed by atoms with Crippen LogP contribution in [0, 0.1) is 0 Å². The Morgan fingerprint density at radius 1 is 1.40 bits per heavy atom. The second kappa shape index (κ2) is 5.85. The molecule has 3 rings (SSSR count). The summed E-state index contributed by atoms with van der Waals surface area (Å²) < 4.78 is 1.12. The third-order valence-corrected chi connectivity index (χ3v) is 4.68. The molecule has 0 bridgehead atoms. The summed E-state index contributed by atoms with van der Waals surface area (Å²) in [5.74, 6) is 0. The number of halogens is 1. The van der Waals surface area contributed by atoms with Gasteiger partial charge in [0.2, 0.25) is 0 Å². The number of aromatic amines is 1. The number of rotatable bonds is 3. The van der Waals surface area contributed by atoms with Gasteiger partial charge in [-0.25, -0.2) is 0 Å². The quantitative estimate of drug-likeness (QED) is 0.901. The highest BCUT2D eigenvalue weighted by Crippen LogP contribution is 2.24. The van der Waals surface area contributed by atoms with Gasteiger partial charge in [-0.3, -0.25) is 4.90 Å². The number of benzene rings is 1. The fourth-order valence-electron chi connectivity index (χ4n) is 2.98. The van der Waals surface area contributed by atoms with Gasteiger partial charge in [0.1, 0.15) is 0 Å². The van der Waals surface area contributed by atoms with Gasteiger partial charge in [0.05, 0.1) is 0 Å². The van der Waals surface area contributed by atoms with E-state index in [4.69, 9.17) is 5.73 Å². The molecule has 2 heterocycles. The second-order valence-electron chi connectivity index (χ2n) is 5.63. The summed E-state index contributed by atoms with van der Waals surface area (Å²) in [6.45, 7) is 4.94. The van der Waals surface area contributed by atoms with E-state index < -0.39 is 0 Å². The largest absolute Gasteiger partial charge is 0.361 e. The number of fused-ring (bicyclic) bond motifs is 1.